The van der Waals surface area contributed by atoms with Gasteiger partial charge in [-0.15, -0.1) is 11.3 Å². The lowest BCUT2D eigenvalue weighted by Crippen LogP contribution is -2.43. The smallest absolute Gasteiger partial charge is 0.325 e. The standard InChI is InChI=1S/C28H28N4O6S/c1-28(18-8-10-19(36-2)11-9-18)26(34)31(27(35)29-28)16-25(33)32-21(15-20(30-32)24-6-5-13-39-24)17-7-12-22(37-3)23(14-17)38-4/h5-14,21H,15-16H2,1-4H3,(H,29,35)/t21-,28-/m0/s1. The topological polar surface area (TPSA) is 110 Å². The second kappa shape index (κ2) is 10.4. The molecular weight excluding hydrogens is 520 g/mol. The van der Waals surface area contributed by atoms with Crippen LogP contribution in [0.15, 0.2) is 65.1 Å². The largest absolute Gasteiger partial charge is 0.497 e. The summed E-state index contributed by atoms with van der Waals surface area (Å²) in [5, 5.41) is 10.7. The number of nitrogens with zero attached hydrogens (tertiary/aromatic N) is 3. The number of ether oxygens (including phenoxy) is 3. The number of rotatable bonds is 8. The Morgan fingerprint density at radius 1 is 1.05 bits per heavy atom. The summed E-state index contributed by atoms with van der Waals surface area (Å²) in [6.07, 6.45) is 0.464. The molecular formula is C28H28N4O6S. The summed E-state index contributed by atoms with van der Waals surface area (Å²) < 4.78 is 16.0. The van der Waals surface area contributed by atoms with Crippen molar-refractivity contribution in [2.24, 2.45) is 5.10 Å². The minimum absolute atomic E-state index is 0.455. The number of amides is 4. The highest BCUT2D eigenvalue weighted by atomic mass is 32.1. The van der Waals surface area contributed by atoms with E-state index in [9.17, 15) is 14.4 Å². The summed E-state index contributed by atoms with van der Waals surface area (Å²) in [5.74, 6) is 0.713. The molecule has 0 aliphatic carbocycles. The van der Waals surface area contributed by atoms with E-state index in [1.807, 2.05) is 29.6 Å². The zero-order valence-electron chi connectivity index (χ0n) is 22.0. The summed E-state index contributed by atoms with van der Waals surface area (Å²) in [5.41, 5.74) is 0.803. The Labute approximate surface area is 229 Å². The summed E-state index contributed by atoms with van der Waals surface area (Å²) >= 11 is 1.53. The van der Waals surface area contributed by atoms with E-state index in [1.165, 1.54) is 16.3 Å². The highest BCUT2D eigenvalue weighted by molar-refractivity contribution is 7.12. The molecule has 202 valence electrons. The average Bonchev–Trinajstić information content (AvgIpc) is 3.69. The molecule has 0 spiro atoms. The van der Waals surface area contributed by atoms with E-state index in [0.717, 1.165) is 21.1 Å². The Morgan fingerprint density at radius 3 is 2.44 bits per heavy atom. The molecule has 39 heavy (non-hydrogen) atoms. The maximum absolute atomic E-state index is 13.7. The van der Waals surface area contributed by atoms with Crippen LogP contribution in [0.4, 0.5) is 4.79 Å². The number of benzene rings is 2. The summed E-state index contributed by atoms with van der Waals surface area (Å²) in [6.45, 7) is 1.16. The fourth-order valence-corrected chi connectivity index (χ4v) is 5.54. The van der Waals surface area contributed by atoms with Crippen LogP contribution in [0.5, 0.6) is 17.2 Å². The zero-order chi connectivity index (χ0) is 27.7. The van der Waals surface area contributed by atoms with Crippen LogP contribution in [0.2, 0.25) is 0 Å². The number of carbonyl (C=O) groups is 3. The quantitative estimate of drug-likeness (QED) is 0.428. The van der Waals surface area contributed by atoms with Crippen molar-refractivity contribution in [3.8, 4) is 17.2 Å². The van der Waals surface area contributed by atoms with Crippen molar-refractivity contribution in [3.05, 3.63) is 76.0 Å². The molecule has 1 saturated heterocycles. The Bertz CT molecular complexity index is 1440. The molecule has 2 aliphatic rings. The molecule has 2 atom stereocenters. The molecule has 11 heteroatoms. The molecule has 1 fully saturated rings. The first-order valence-corrected chi connectivity index (χ1v) is 13.1. The van der Waals surface area contributed by atoms with E-state index in [0.29, 0.717) is 29.2 Å². The van der Waals surface area contributed by atoms with Gasteiger partial charge in [-0.05, 0) is 53.8 Å². The number of imide groups is 1. The molecule has 0 saturated carbocycles. The lowest BCUT2D eigenvalue weighted by Gasteiger charge is -2.25. The van der Waals surface area contributed by atoms with E-state index in [4.69, 9.17) is 14.2 Å². The van der Waals surface area contributed by atoms with Gasteiger partial charge in [0.1, 0.15) is 17.8 Å². The second-order valence-corrected chi connectivity index (χ2v) is 10.2. The van der Waals surface area contributed by atoms with Gasteiger partial charge in [0.2, 0.25) is 0 Å². The normalized spacial score (nSPS) is 20.6. The van der Waals surface area contributed by atoms with Crippen LogP contribution in [-0.2, 0) is 15.1 Å². The van der Waals surface area contributed by atoms with Crippen LogP contribution in [0.25, 0.3) is 0 Å². The first-order valence-electron chi connectivity index (χ1n) is 12.2. The number of hydrogen-bond acceptors (Lipinski definition) is 8. The van der Waals surface area contributed by atoms with Gasteiger partial charge in [-0.2, -0.15) is 5.10 Å². The minimum Gasteiger partial charge on any atom is -0.497 e. The number of hydrogen-bond donors (Lipinski definition) is 1. The van der Waals surface area contributed by atoms with Crippen molar-refractivity contribution in [1.29, 1.82) is 0 Å². The average molecular weight is 549 g/mol. The van der Waals surface area contributed by atoms with Crippen LogP contribution in [0.1, 0.15) is 35.4 Å². The lowest BCUT2D eigenvalue weighted by molar-refractivity contribution is -0.140. The van der Waals surface area contributed by atoms with Gasteiger partial charge in [-0.25, -0.2) is 9.80 Å². The van der Waals surface area contributed by atoms with E-state index >= 15 is 0 Å². The van der Waals surface area contributed by atoms with Crippen LogP contribution in [0, 0.1) is 0 Å². The van der Waals surface area contributed by atoms with Crippen LogP contribution in [0.3, 0.4) is 0 Å². The zero-order valence-corrected chi connectivity index (χ0v) is 22.8. The van der Waals surface area contributed by atoms with Gasteiger partial charge in [0.15, 0.2) is 11.5 Å². The van der Waals surface area contributed by atoms with Crippen molar-refractivity contribution < 1.29 is 28.6 Å². The van der Waals surface area contributed by atoms with Crippen molar-refractivity contribution in [1.82, 2.24) is 15.2 Å². The summed E-state index contributed by atoms with van der Waals surface area (Å²) in [4.78, 5) is 42.0. The molecule has 3 heterocycles. The molecule has 1 N–H and O–H groups in total. The Hall–Kier alpha value is -4.38. The minimum atomic E-state index is -1.32. The fraction of sp³-hybridized carbons (Fsp3) is 0.286. The molecule has 3 aromatic rings. The monoisotopic (exact) mass is 548 g/mol. The van der Waals surface area contributed by atoms with Crippen LogP contribution in [-0.4, -0.2) is 61.3 Å². The first-order chi connectivity index (χ1) is 18.8. The van der Waals surface area contributed by atoms with Gasteiger partial charge >= 0.3 is 6.03 Å². The van der Waals surface area contributed by atoms with Crippen molar-refractivity contribution in [2.75, 3.05) is 27.9 Å². The van der Waals surface area contributed by atoms with E-state index in [-0.39, 0.29) is 0 Å². The number of urea groups is 1. The van der Waals surface area contributed by atoms with Gasteiger partial charge in [-0.1, -0.05) is 24.3 Å². The van der Waals surface area contributed by atoms with Crippen molar-refractivity contribution in [3.63, 3.8) is 0 Å². The highest BCUT2D eigenvalue weighted by Gasteiger charge is 2.50. The van der Waals surface area contributed by atoms with Crippen LogP contribution < -0.4 is 19.5 Å². The molecule has 0 radical (unpaired) electrons. The molecule has 2 aromatic carbocycles. The molecule has 5 rings (SSSR count). The van der Waals surface area contributed by atoms with Gasteiger partial charge < -0.3 is 19.5 Å². The van der Waals surface area contributed by atoms with E-state index < -0.39 is 36.0 Å². The molecule has 4 amide bonds. The third-order valence-corrected chi connectivity index (χ3v) is 7.92. The predicted octanol–water partition coefficient (Wildman–Crippen LogP) is 3.92. The number of carbonyl (C=O) groups excluding carboxylic acids is 3. The number of thiophene rings is 1. The Morgan fingerprint density at radius 2 is 1.79 bits per heavy atom. The second-order valence-electron chi connectivity index (χ2n) is 9.27. The lowest BCUT2D eigenvalue weighted by atomic mass is 9.92. The molecule has 1 aromatic heterocycles. The number of hydrazone groups is 1. The van der Waals surface area contributed by atoms with E-state index in [1.54, 1.807) is 58.6 Å². The van der Waals surface area contributed by atoms with Crippen molar-refractivity contribution >= 4 is 34.9 Å². The van der Waals surface area contributed by atoms with E-state index in [2.05, 4.69) is 10.4 Å². The highest BCUT2D eigenvalue weighted by Crippen LogP contribution is 2.38. The SMILES string of the molecule is COc1ccc([C@]2(C)NC(=O)N(CC(=O)N3N=C(c4cccs4)C[C@H]3c3ccc(OC)c(OC)c3)C2=O)cc1. The molecule has 10 nitrogen and oxygen atoms in total. The maximum atomic E-state index is 13.7. The Balaban J connectivity index is 1.42. The maximum Gasteiger partial charge on any atom is 0.325 e. The van der Waals surface area contributed by atoms with Gasteiger partial charge in [0.25, 0.3) is 11.8 Å². The third kappa shape index (κ3) is 4.69. The first kappa shape index (κ1) is 26.2. The summed E-state index contributed by atoms with van der Waals surface area (Å²) in [7, 11) is 4.65. The number of nitrogens with one attached hydrogen (secondary N) is 1. The Kier molecular flexibility index (Phi) is 7.00. The molecule has 0 bridgehead atoms. The third-order valence-electron chi connectivity index (χ3n) is 7.00. The number of methoxy groups -OCH3 is 3. The van der Waals surface area contributed by atoms with Gasteiger partial charge in [0, 0.05) is 6.42 Å². The van der Waals surface area contributed by atoms with Crippen LogP contribution >= 0.6 is 11.3 Å². The summed E-state index contributed by atoms with van der Waals surface area (Å²) in [6, 6.07) is 15.1. The molecule has 0 unspecified atom stereocenters. The predicted molar refractivity (Wildman–Crippen MR) is 145 cm³/mol. The fourth-order valence-electron chi connectivity index (χ4n) is 4.82. The van der Waals surface area contributed by atoms with Gasteiger partial charge in [-0.3, -0.25) is 14.5 Å². The molecule has 2 aliphatic heterocycles. The van der Waals surface area contributed by atoms with Gasteiger partial charge in [0.05, 0.1) is 38.0 Å². The van der Waals surface area contributed by atoms with Crippen molar-refractivity contribution in [2.45, 2.75) is 24.9 Å².